The number of nitrogens with one attached hydrogen (secondary N) is 3. The highest BCUT2D eigenvalue weighted by Crippen LogP contribution is 2.13. The Morgan fingerprint density at radius 3 is 2.28 bits per heavy atom. The molecule has 0 aliphatic carbocycles. The minimum Gasteiger partial charge on any atom is -0.376 e. The summed E-state index contributed by atoms with van der Waals surface area (Å²) in [4.78, 5) is 22.5. The van der Waals surface area contributed by atoms with E-state index < -0.39 is 0 Å². The van der Waals surface area contributed by atoms with Crippen molar-refractivity contribution in [2.24, 2.45) is 0 Å². The Kier molecular flexibility index (Phi) is 6.21. The van der Waals surface area contributed by atoms with Crippen LogP contribution in [0.4, 0.5) is 5.69 Å². The van der Waals surface area contributed by atoms with Gasteiger partial charge in [0.25, 0.3) is 0 Å². The first-order valence-electron chi connectivity index (χ1n) is 5.64. The summed E-state index contributed by atoms with van der Waals surface area (Å²) in [5.74, 6) is -0.404. The highest BCUT2D eigenvalue weighted by molar-refractivity contribution is 9.10. The number of benzene rings is 1. The maximum absolute atomic E-state index is 11.4. The van der Waals surface area contributed by atoms with Crippen LogP contribution < -0.4 is 16.0 Å². The van der Waals surface area contributed by atoms with Crippen LogP contribution in [0.15, 0.2) is 28.7 Å². The lowest BCUT2D eigenvalue weighted by molar-refractivity contribution is -0.125. The van der Waals surface area contributed by atoms with Crippen LogP contribution >= 0.6 is 15.9 Å². The van der Waals surface area contributed by atoms with Crippen LogP contribution in [0.5, 0.6) is 0 Å². The Labute approximate surface area is 114 Å². The van der Waals surface area contributed by atoms with Crippen LogP contribution in [-0.4, -0.2) is 31.4 Å². The fourth-order valence-electron chi connectivity index (χ4n) is 1.25. The van der Waals surface area contributed by atoms with Gasteiger partial charge in [0.1, 0.15) is 0 Å². The second-order valence-electron chi connectivity index (χ2n) is 3.59. The smallest absolute Gasteiger partial charge is 0.239 e. The zero-order chi connectivity index (χ0) is 13.4. The Morgan fingerprint density at radius 1 is 1.06 bits per heavy atom. The standard InChI is InChI=1S/C12H16BrN3O2/c1-2-14-11(17)8-16-12(18)7-15-10-5-3-9(13)4-6-10/h3-6,15H,2,7-8H2,1H3,(H,14,17)(H,16,18). The molecule has 18 heavy (non-hydrogen) atoms. The second-order valence-corrected chi connectivity index (χ2v) is 4.51. The van der Waals surface area contributed by atoms with Crippen LogP contribution in [-0.2, 0) is 9.59 Å². The van der Waals surface area contributed by atoms with Crippen molar-refractivity contribution in [2.45, 2.75) is 6.92 Å². The van der Waals surface area contributed by atoms with Gasteiger partial charge in [-0.3, -0.25) is 9.59 Å². The number of carbonyl (C=O) groups is 2. The largest absolute Gasteiger partial charge is 0.376 e. The van der Waals surface area contributed by atoms with Crippen molar-refractivity contribution in [3.63, 3.8) is 0 Å². The molecule has 0 aliphatic heterocycles. The maximum atomic E-state index is 11.4. The van der Waals surface area contributed by atoms with Gasteiger partial charge < -0.3 is 16.0 Å². The van der Waals surface area contributed by atoms with E-state index in [4.69, 9.17) is 0 Å². The summed E-state index contributed by atoms with van der Waals surface area (Å²) in [6, 6.07) is 7.49. The molecule has 0 saturated carbocycles. The number of hydrogen-bond acceptors (Lipinski definition) is 3. The molecule has 2 amide bonds. The minimum atomic E-state index is -0.218. The number of hydrogen-bond donors (Lipinski definition) is 3. The molecule has 98 valence electrons. The van der Waals surface area contributed by atoms with E-state index in [1.54, 1.807) is 0 Å². The third-order valence-electron chi connectivity index (χ3n) is 2.12. The van der Waals surface area contributed by atoms with Crippen molar-refractivity contribution >= 4 is 33.4 Å². The van der Waals surface area contributed by atoms with Crippen LogP contribution in [0.2, 0.25) is 0 Å². The minimum absolute atomic E-state index is 0.00862. The number of anilines is 1. The predicted octanol–water partition coefficient (Wildman–Crippen LogP) is 1.11. The van der Waals surface area contributed by atoms with Gasteiger partial charge in [0.15, 0.2) is 0 Å². The van der Waals surface area contributed by atoms with E-state index >= 15 is 0 Å². The van der Waals surface area contributed by atoms with Gasteiger partial charge in [-0.25, -0.2) is 0 Å². The first-order valence-corrected chi connectivity index (χ1v) is 6.44. The number of likely N-dealkylation sites (N-methyl/N-ethyl adjacent to an activating group) is 1. The van der Waals surface area contributed by atoms with Crippen molar-refractivity contribution in [2.75, 3.05) is 25.0 Å². The molecule has 0 aliphatic rings. The number of amides is 2. The van der Waals surface area contributed by atoms with Crippen molar-refractivity contribution in [3.8, 4) is 0 Å². The highest BCUT2D eigenvalue weighted by Gasteiger charge is 2.04. The lowest BCUT2D eigenvalue weighted by Crippen LogP contribution is -2.39. The summed E-state index contributed by atoms with van der Waals surface area (Å²) in [5, 5.41) is 8.09. The molecule has 0 unspecified atom stereocenters. The SMILES string of the molecule is CCNC(=O)CNC(=O)CNc1ccc(Br)cc1. The topological polar surface area (TPSA) is 70.2 Å². The molecule has 3 N–H and O–H groups in total. The van der Waals surface area contributed by atoms with E-state index in [-0.39, 0.29) is 24.9 Å². The van der Waals surface area contributed by atoms with E-state index in [2.05, 4.69) is 31.9 Å². The average Bonchev–Trinajstić information content (AvgIpc) is 2.36. The Hall–Kier alpha value is -1.56. The van der Waals surface area contributed by atoms with Crippen molar-refractivity contribution in [1.82, 2.24) is 10.6 Å². The van der Waals surface area contributed by atoms with Crippen LogP contribution in [0.3, 0.4) is 0 Å². The molecule has 0 fully saturated rings. The molecule has 1 aromatic rings. The summed E-state index contributed by atoms with van der Waals surface area (Å²) in [7, 11) is 0. The summed E-state index contributed by atoms with van der Waals surface area (Å²) in [5.41, 5.74) is 0.853. The molecule has 0 atom stereocenters. The summed E-state index contributed by atoms with van der Waals surface area (Å²) in [6.07, 6.45) is 0. The van der Waals surface area contributed by atoms with Gasteiger partial charge in [0.05, 0.1) is 13.1 Å². The van der Waals surface area contributed by atoms with Crippen LogP contribution in [0, 0.1) is 0 Å². The van der Waals surface area contributed by atoms with E-state index in [1.807, 2.05) is 31.2 Å². The zero-order valence-electron chi connectivity index (χ0n) is 10.1. The molecule has 1 rings (SSSR count). The molecule has 0 radical (unpaired) electrons. The molecular formula is C12H16BrN3O2. The van der Waals surface area contributed by atoms with Crippen LogP contribution in [0.1, 0.15) is 6.92 Å². The molecule has 0 spiro atoms. The van der Waals surface area contributed by atoms with Crippen molar-refractivity contribution in [3.05, 3.63) is 28.7 Å². The maximum Gasteiger partial charge on any atom is 0.239 e. The number of rotatable bonds is 6. The lowest BCUT2D eigenvalue weighted by Gasteiger charge is -2.07. The summed E-state index contributed by atoms with van der Waals surface area (Å²) in [6.45, 7) is 2.54. The van der Waals surface area contributed by atoms with E-state index in [0.29, 0.717) is 6.54 Å². The highest BCUT2D eigenvalue weighted by atomic mass is 79.9. The second kappa shape index (κ2) is 7.71. The summed E-state index contributed by atoms with van der Waals surface area (Å²) >= 11 is 3.33. The summed E-state index contributed by atoms with van der Waals surface area (Å²) < 4.78 is 0.980. The fraction of sp³-hybridized carbons (Fsp3) is 0.333. The van der Waals surface area contributed by atoms with Gasteiger partial charge in [-0.05, 0) is 31.2 Å². The average molecular weight is 314 g/mol. The van der Waals surface area contributed by atoms with E-state index in [9.17, 15) is 9.59 Å². The Bertz CT molecular complexity index is 406. The predicted molar refractivity (Wildman–Crippen MR) is 74.3 cm³/mol. The van der Waals surface area contributed by atoms with Gasteiger partial charge in [-0.1, -0.05) is 15.9 Å². The molecule has 6 heteroatoms. The monoisotopic (exact) mass is 313 g/mol. The first-order chi connectivity index (χ1) is 8.61. The normalized spacial score (nSPS) is 9.67. The van der Waals surface area contributed by atoms with E-state index in [0.717, 1.165) is 10.2 Å². The Balaban J connectivity index is 2.24. The molecule has 0 saturated heterocycles. The number of carbonyl (C=O) groups excluding carboxylic acids is 2. The third-order valence-corrected chi connectivity index (χ3v) is 2.65. The zero-order valence-corrected chi connectivity index (χ0v) is 11.7. The van der Waals surface area contributed by atoms with E-state index in [1.165, 1.54) is 0 Å². The lowest BCUT2D eigenvalue weighted by atomic mass is 10.3. The fourth-order valence-corrected chi connectivity index (χ4v) is 1.52. The van der Waals surface area contributed by atoms with Gasteiger partial charge >= 0.3 is 0 Å². The Morgan fingerprint density at radius 2 is 1.67 bits per heavy atom. The molecule has 0 heterocycles. The molecule has 5 nitrogen and oxygen atoms in total. The van der Waals surface area contributed by atoms with Gasteiger partial charge in [-0.15, -0.1) is 0 Å². The van der Waals surface area contributed by atoms with Gasteiger partial charge in [0.2, 0.25) is 11.8 Å². The van der Waals surface area contributed by atoms with Crippen molar-refractivity contribution < 1.29 is 9.59 Å². The van der Waals surface area contributed by atoms with Crippen LogP contribution in [0.25, 0.3) is 0 Å². The van der Waals surface area contributed by atoms with Gasteiger partial charge in [-0.2, -0.15) is 0 Å². The third kappa shape index (κ3) is 5.67. The molecular weight excluding hydrogens is 298 g/mol. The molecule has 0 bridgehead atoms. The molecule has 1 aromatic carbocycles. The van der Waals surface area contributed by atoms with Gasteiger partial charge in [0, 0.05) is 16.7 Å². The van der Waals surface area contributed by atoms with Crippen molar-refractivity contribution in [1.29, 1.82) is 0 Å². The quantitative estimate of drug-likeness (QED) is 0.737. The number of halogens is 1. The molecule has 0 aromatic heterocycles. The first kappa shape index (κ1) is 14.5.